The minimum atomic E-state index is -2.87. The predicted molar refractivity (Wildman–Crippen MR) is 67.2 cm³/mol. The van der Waals surface area contributed by atoms with Crippen molar-refractivity contribution in [3.05, 3.63) is 24.8 Å². The highest BCUT2D eigenvalue weighted by molar-refractivity contribution is 7.92. The molecule has 0 unspecified atom stereocenters. The lowest BCUT2D eigenvalue weighted by Crippen LogP contribution is -2.28. The normalized spacial score (nSPS) is 50.7. The molecule has 1 heterocycles. The van der Waals surface area contributed by atoms with Crippen LogP contribution in [0.4, 0.5) is 0 Å². The molecule has 3 fully saturated rings. The van der Waals surface area contributed by atoms with Gasteiger partial charge in [-0.1, -0.05) is 18.2 Å². The van der Waals surface area contributed by atoms with E-state index in [1.165, 1.54) is 12.8 Å². The van der Waals surface area contributed by atoms with Gasteiger partial charge < -0.3 is 0 Å². The SMILES string of the molecule is C=CC[C@@H]1[C@@H]2[C@H](CS1(=O)=O)[C@@H]1C=C[C@H]2C12CC2. The Balaban J connectivity index is 1.79. The van der Waals surface area contributed by atoms with E-state index in [2.05, 4.69) is 18.7 Å². The first kappa shape index (κ1) is 10.4. The molecule has 0 aromatic carbocycles. The molecule has 92 valence electrons. The van der Waals surface area contributed by atoms with Gasteiger partial charge in [0.15, 0.2) is 9.84 Å². The lowest BCUT2D eigenvalue weighted by atomic mass is 9.81. The number of fused-ring (bicyclic) bond motifs is 3. The first-order chi connectivity index (χ1) is 8.10. The van der Waals surface area contributed by atoms with E-state index < -0.39 is 9.84 Å². The van der Waals surface area contributed by atoms with Crippen molar-refractivity contribution in [3.8, 4) is 0 Å². The molecule has 2 saturated carbocycles. The zero-order valence-electron chi connectivity index (χ0n) is 9.88. The molecule has 1 aliphatic heterocycles. The van der Waals surface area contributed by atoms with Crippen molar-refractivity contribution >= 4 is 9.84 Å². The topological polar surface area (TPSA) is 34.1 Å². The Hall–Kier alpha value is -0.570. The molecule has 2 bridgehead atoms. The van der Waals surface area contributed by atoms with E-state index in [-0.39, 0.29) is 5.25 Å². The molecule has 0 amide bonds. The monoisotopic (exact) mass is 250 g/mol. The van der Waals surface area contributed by atoms with E-state index in [9.17, 15) is 8.42 Å². The summed E-state index contributed by atoms with van der Waals surface area (Å²) in [5.41, 5.74) is 0.505. The van der Waals surface area contributed by atoms with Crippen LogP contribution in [-0.2, 0) is 9.84 Å². The molecule has 3 aliphatic carbocycles. The number of hydrogen-bond donors (Lipinski definition) is 0. The van der Waals surface area contributed by atoms with Gasteiger partial charge in [-0.05, 0) is 48.3 Å². The molecule has 1 spiro atoms. The summed E-state index contributed by atoms with van der Waals surface area (Å²) in [5.74, 6) is 2.38. The van der Waals surface area contributed by atoms with E-state index in [4.69, 9.17) is 0 Å². The summed E-state index contributed by atoms with van der Waals surface area (Å²) >= 11 is 0. The third-order valence-corrected chi connectivity index (χ3v) is 8.04. The molecule has 0 aromatic heterocycles. The molecule has 4 aliphatic rings. The highest BCUT2D eigenvalue weighted by atomic mass is 32.2. The number of allylic oxidation sites excluding steroid dienone is 3. The highest BCUT2D eigenvalue weighted by Gasteiger charge is 2.71. The Morgan fingerprint density at radius 3 is 2.65 bits per heavy atom. The van der Waals surface area contributed by atoms with Crippen molar-refractivity contribution in [2.24, 2.45) is 29.1 Å². The van der Waals surface area contributed by atoms with Gasteiger partial charge in [-0.3, -0.25) is 0 Å². The van der Waals surface area contributed by atoms with Crippen molar-refractivity contribution < 1.29 is 8.42 Å². The summed E-state index contributed by atoms with van der Waals surface area (Å²) in [4.78, 5) is 0. The Labute approximate surface area is 103 Å². The lowest BCUT2D eigenvalue weighted by molar-refractivity contribution is 0.342. The van der Waals surface area contributed by atoms with Crippen LogP contribution in [0.25, 0.3) is 0 Å². The summed E-state index contributed by atoms with van der Waals surface area (Å²) < 4.78 is 24.5. The van der Waals surface area contributed by atoms with Gasteiger partial charge in [-0.15, -0.1) is 6.58 Å². The Morgan fingerprint density at radius 2 is 2.00 bits per heavy atom. The van der Waals surface area contributed by atoms with Crippen LogP contribution in [0.1, 0.15) is 19.3 Å². The summed E-state index contributed by atoms with van der Waals surface area (Å²) in [6.07, 6.45) is 9.74. The first-order valence-corrected chi connectivity index (χ1v) is 8.32. The van der Waals surface area contributed by atoms with Crippen molar-refractivity contribution in [2.75, 3.05) is 5.75 Å². The van der Waals surface area contributed by atoms with Gasteiger partial charge in [0.25, 0.3) is 0 Å². The minimum Gasteiger partial charge on any atom is -0.229 e. The highest BCUT2D eigenvalue weighted by Crippen LogP contribution is 2.74. The van der Waals surface area contributed by atoms with E-state index in [0.29, 0.717) is 41.3 Å². The van der Waals surface area contributed by atoms with Gasteiger partial charge in [0, 0.05) is 0 Å². The average Bonchev–Trinajstić information content (AvgIpc) is 2.84. The van der Waals surface area contributed by atoms with Crippen LogP contribution >= 0.6 is 0 Å². The van der Waals surface area contributed by atoms with E-state index in [0.717, 1.165) is 0 Å². The Bertz CT molecular complexity index is 512. The van der Waals surface area contributed by atoms with Gasteiger partial charge in [-0.2, -0.15) is 0 Å². The second-order valence-corrected chi connectivity index (χ2v) is 8.57. The van der Waals surface area contributed by atoms with Gasteiger partial charge in [0.1, 0.15) is 0 Å². The molecule has 2 nitrogen and oxygen atoms in total. The van der Waals surface area contributed by atoms with Crippen molar-refractivity contribution in [1.29, 1.82) is 0 Å². The molecule has 0 aromatic rings. The van der Waals surface area contributed by atoms with Crippen LogP contribution in [-0.4, -0.2) is 19.4 Å². The summed E-state index contributed by atoms with van der Waals surface area (Å²) in [6.45, 7) is 3.74. The largest absolute Gasteiger partial charge is 0.229 e. The van der Waals surface area contributed by atoms with Gasteiger partial charge in [0.2, 0.25) is 0 Å². The zero-order valence-corrected chi connectivity index (χ0v) is 10.7. The summed E-state index contributed by atoms with van der Waals surface area (Å²) in [6, 6.07) is 0. The molecular formula is C14H18O2S. The average molecular weight is 250 g/mol. The smallest absolute Gasteiger partial charge is 0.154 e. The number of rotatable bonds is 2. The first-order valence-electron chi connectivity index (χ1n) is 6.61. The standard InChI is InChI=1S/C14H18O2S/c1-2-3-12-13-9(8-17(12,15)16)10-4-5-11(13)14(10)6-7-14/h2,4-5,9-13H,1,3,6-8H2/t9-,10+,11-,12-,13-/m1/s1. The molecular weight excluding hydrogens is 232 g/mol. The van der Waals surface area contributed by atoms with Gasteiger partial charge in [-0.25, -0.2) is 8.42 Å². The third-order valence-electron chi connectivity index (χ3n) is 5.77. The minimum absolute atomic E-state index is 0.137. The van der Waals surface area contributed by atoms with Crippen LogP contribution in [0.3, 0.4) is 0 Å². The molecule has 0 radical (unpaired) electrons. The van der Waals surface area contributed by atoms with Gasteiger partial charge in [0.05, 0.1) is 11.0 Å². The van der Waals surface area contributed by atoms with Crippen molar-refractivity contribution in [1.82, 2.24) is 0 Å². The maximum absolute atomic E-state index is 12.2. The van der Waals surface area contributed by atoms with Crippen LogP contribution in [0.5, 0.6) is 0 Å². The number of hydrogen-bond acceptors (Lipinski definition) is 2. The predicted octanol–water partition coefficient (Wildman–Crippen LogP) is 2.19. The molecule has 3 heteroatoms. The molecule has 5 atom stereocenters. The maximum atomic E-state index is 12.2. The molecule has 4 rings (SSSR count). The second kappa shape index (κ2) is 2.87. The van der Waals surface area contributed by atoms with E-state index in [1.54, 1.807) is 6.08 Å². The molecule has 0 N–H and O–H groups in total. The van der Waals surface area contributed by atoms with Crippen LogP contribution in [0.15, 0.2) is 24.8 Å². The summed E-state index contributed by atoms with van der Waals surface area (Å²) in [5, 5.41) is -0.137. The maximum Gasteiger partial charge on any atom is 0.154 e. The van der Waals surface area contributed by atoms with Gasteiger partial charge >= 0.3 is 0 Å². The Kier molecular flexibility index (Phi) is 1.75. The van der Waals surface area contributed by atoms with E-state index in [1.807, 2.05) is 0 Å². The van der Waals surface area contributed by atoms with Crippen molar-refractivity contribution in [3.63, 3.8) is 0 Å². The number of sulfone groups is 1. The summed E-state index contributed by atoms with van der Waals surface area (Å²) in [7, 11) is -2.87. The lowest BCUT2D eigenvalue weighted by Gasteiger charge is -2.24. The Morgan fingerprint density at radius 1 is 1.29 bits per heavy atom. The third kappa shape index (κ3) is 1.05. The fraction of sp³-hybridized carbons (Fsp3) is 0.714. The zero-order chi connectivity index (χ0) is 11.8. The second-order valence-electron chi connectivity index (χ2n) is 6.30. The van der Waals surface area contributed by atoms with E-state index >= 15 is 0 Å². The van der Waals surface area contributed by atoms with Crippen LogP contribution < -0.4 is 0 Å². The fourth-order valence-electron chi connectivity index (χ4n) is 5.06. The quantitative estimate of drug-likeness (QED) is 0.704. The van der Waals surface area contributed by atoms with Crippen molar-refractivity contribution in [2.45, 2.75) is 24.5 Å². The van der Waals surface area contributed by atoms with Crippen LogP contribution in [0, 0.1) is 29.1 Å². The fourth-order valence-corrected chi connectivity index (χ4v) is 7.56. The molecule has 17 heavy (non-hydrogen) atoms. The molecule has 1 saturated heterocycles. The van der Waals surface area contributed by atoms with Crippen LogP contribution in [0.2, 0.25) is 0 Å².